The van der Waals surface area contributed by atoms with Gasteiger partial charge in [0.05, 0.1) is 0 Å². The van der Waals surface area contributed by atoms with Gasteiger partial charge in [-0.15, -0.1) is 0 Å². The quantitative estimate of drug-likeness (QED) is 0.428. The van der Waals surface area contributed by atoms with E-state index < -0.39 is 0 Å². The van der Waals surface area contributed by atoms with Gasteiger partial charge in [-0.05, 0) is 0 Å². The van der Waals surface area contributed by atoms with Crippen LogP contribution in [0.2, 0.25) is 0 Å². The van der Waals surface area contributed by atoms with E-state index in [0.717, 1.165) is 0 Å². The van der Waals surface area contributed by atoms with Gasteiger partial charge in [0.2, 0.25) is 0 Å². The molecule has 5 nitrogen and oxygen atoms in total. The van der Waals surface area contributed by atoms with Crippen molar-refractivity contribution >= 4 is 0 Å². The molecule has 0 saturated heterocycles. The van der Waals surface area contributed by atoms with Gasteiger partial charge in [0, 0.05) is 17.4 Å². The molecule has 46 valence electrons. The Labute approximate surface area is 46.3 Å². The van der Waals surface area contributed by atoms with Crippen LogP contribution in [0.1, 0.15) is 0 Å². The first-order valence-electron chi connectivity index (χ1n) is 0. The van der Waals surface area contributed by atoms with Gasteiger partial charge in [-0.1, -0.05) is 0 Å². The molecule has 0 amide bonds. The van der Waals surface area contributed by atoms with Crippen LogP contribution in [0.3, 0.4) is 0 Å². The molecule has 0 aromatic rings. The molecule has 0 aliphatic carbocycles. The van der Waals surface area contributed by atoms with Gasteiger partial charge >= 0.3 is 0 Å². The summed E-state index contributed by atoms with van der Waals surface area (Å²) in [6.07, 6.45) is 0. The molecule has 10 N–H and O–H groups in total. The molecule has 6 heavy (non-hydrogen) atoms. The van der Waals surface area contributed by atoms with Gasteiger partial charge < -0.3 is 28.1 Å². The fraction of sp³-hybridized carbons (Fsp3) is 0. The largest absolute Gasteiger partial charge is 0.870 e. The summed E-state index contributed by atoms with van der Waals surface area (Å²) in [5.41, 5.74) is 0. The van der Waals surface area contributed by atoms with E-state index in [1.54, 1.807) is 0 Å². The van der Waals surface area contributed by atoms with E-state index in [4.69, 9.17) is 0 Å². The van der Waals surface area contributed by atoms with E-state index in [2.05, 4.69) is 0 Å². The van der Waals surface area contributed by atoms with Gasteiger partial charge in [-0.3, -0.25) is 0 Å². The second kappa shape index (κ2) is 906. The predicted molar refractivity (Wildman–Crippen MR) is 17.1 cm³/mol. The zero-order valence-corrected chi connectivity index (χ0v) is 4.58. The average molecular weight is 140 g/mol. The molecule has 0 atom stereocenters. The third-order valence-corrected chi connectivity index (χ3v) is 0. The smallest absolute Gasteiger partial charge is 0 e. The molecule has 0 unspecified atom stereocenters. The molecule has 0 saturated carbocycles. The van der Waals surface area contributed by atoms with E-state index in [1.807, 2.05) is 0 Å². The van der Waals surface area contributed by atoms with Crippen molar-refractivity contribution < 1.29 is 39.3 Å². The Hall–Kier alpha value is 0.332. The zero-order valence-electron chi connectivity index (χ0n) is 3.30. The maximum atomic E-state index is 0. The maximum absolute atomic E-state index is 0. The number of hydrogen-bond acceptors (Lipinski definition) is 2. The van der Waals surface area contributed by atoms with Gasteiger partial charge in [0.15, 0.2) is 0 Å². The molecule has 0 spiro atoms. The maximum Gasteiger partial charge on any atom is 0 e. The average Bonchev–Trinajstić information content (AvgIpc) is 0. The predicted octanol–water partition coefficient (Wildman–Crippen LogP) is -1.63. The van der Waals surface area contributed by atoms with Gasteiger partial charge in [0.25, 0.3) is 0 Å². The Balaban J connectivity index is 0. The van der Waals surface area contributed by atoms with Gasteiger partial charge in [0.1, 0.15) is 0 Å². The van der Waals surface area contributed by atoms with Gasteiger partial charge in [-0.2, -0.15) is 0 Å². The van der Waals surface area contributed by atoms with Crippen molar-refractivity contribution in [2.75, 3.05) is 0 Å². The number of hydrogen-bond donors (Lipinski definition) is 1. The summed E-state index contributed by atoms with van der Waals surface area (Å²) in [7, 11) is 0. The van der Waals surface area contributed by atoms with E-state index in [0.29, 0.717) is 0 Å². The van der Waals surface area contributed by atoms with E-state index in [-0.39, 0.29) is 45.4 Å². The molecule has 6 heteroatoms. The van der Waals surface area contributed by atoms with Crippen LogP contribution in [-0.2, 0) is 17.4 Å². The molecule has 0 aliphatic heterocycles. The third kappa shape index (κ3) is 435. The summed E-state index contributed by atoms with van der Waals surface area (Å²) in [5.74, 6) is 0. The Morgan fingerprint density at radius 1 is 0.667 bits per heavy atom. The molecular formula is H10CrNO4-. The molecule has 0 aliphatic rings. The number of rotatable bonds is 0. The van der Waals surface area contributed by atoms with Crippen molar-refractivity contribution in [1.82, 2.24) is 6.15 Å². The Morgan fingerprint density at radius 3 is 0.667 bits per heavy atom. The molecule has 0 radical (unpaired) electrons. The Kier molecular flexibility index (Phi) is 246000. The van der Waals surface area contributed by atoms with Crippen LogP contribution >= 0.6 is 0 Å². The summed E-state index contributed by atoms with van der Waals surface area (Å²) in [6.45, 7) is 0. The van der Waals surface area contributed by atoms with Gasteiger partial charge in [-0.25, -0.2) is 0 Å². The minimum Gasteiger partial charge on any atom is -0.870 e. The van der Waals surface area contributed by atoms with Crippen LogP contribution in [-0.4, -0.2) is 21.9 Å². The van der Waals surface area contributed by atoms with Crippen molar-refractivity contribution in [3.63, 3.8) is 0 Å². The van der Waals surface area contributed by atoms with Crippen molar-refractivity contribution in [3.05, 3.63) is 0 Å². The van der Waals surface area contributed by atoms with Crippen LogP contribution in [0.25, 0.3) is 0 Å². The van der Waals surface area contributed by atoms with Crippen molar-refractivity contribution in [3.8, 4) is 0 Å². The molecule has 0 aromatic heterocycles. The molecule has 0 rings (SSSR count). The second-order valence-electron chi connectivity index (χ2n) is 0. The summed E-state index contributed by atoms with van der Waals surface area (Å²) in [5, 5.41) is 0. The van der Waals surface area contributed by atoms with Crippen LogP contribution < -0.4 is 6.15 Å². The first-order valence-corrected chi connectivity index (χ1v) is 0. The summed E-state index contributed by atoms with van der Waals surface area (Å²) in [6, 6.07) is 0. The first-order chi connectivity index (χ1) is 0. The third-order valence-electron chi connectivity index (χ3n) is 0. The van der Waals surface area contributed by atoms with Crippen molar-refractivity contribution in [2.24, 2.45) is 0 Å². The van der Waals surface area contributed by atoms with Crippen LogP contribution in [0.15, 0.2) is 0 Å². The minimum atomic E-state index is 0. The second-order valence-corrected chi connectivity index (χ2v) is 0. The first kappa shape index (κ1) is 1630. The van der Waals surface area contributed by atoms with Crippen LogP contribution in [0.5, 0.6) is 0 Å². The Bertz CT molecular complexity index is 7.51. The fourth-order valence-electron chi connectivity index (χ4n) is 0. The fourth-order valence-corrected chi connectivity index (χ4v) is 0. The van der Waals surface area contributed by atoms with Crippen LogP contribution in [0.4, 0.5) is 0 Å². The SMILES string of the molecule is O.O.[Cr].[NH4+].[OH-].[OH-]. The molecule has 0 fully saturated rings. The summed E-state index contributed by atoms with van der Waals surface area (Å²) < 4.78 is 0. The Morgan fingerprint density at radius 2 is 0.667 bits per heavy atom. The van der Waals surface area contributed by atoms with E-state index in [1.165, 1.54) is 0 Å². The molecule has 0 aromatic carbocycles. The van der Waals surface area contributed by atoms with Crippen molar-refractivity contribution in [1.29, 1.82) is 0 Å². The van der Waals surface area contributed by atoms with Crippen molar-refractivity contribution in [2.45, 2.75) is 0 Å². The minimum absolute atomic E-state index is 0. The standard InChI is InChI=1S/Cr.H3N.4H2O/h;1H3;4*1H2/p-1. The monoisotopic (exact) mass is 140 g/mol. The summed E-state index contributed by atoms with van der Waals surface area (Å²) >= 11 is 0. The zero-order chi connectivity index (χ0) is 0. The molecule has 0 heterocycles. The van der Waals surface area contributed by atoms with E-state index in [9.17, 15) is 0 Å². The van der Waals surface area contributed by atoms with Crippen LogP contribution in [0, 0.1) is 0 Å². The van der Waals surface area contributed by atoms with E-state index >= 15 is 0 Å². The molecule has 0 bridgehead atoms. The topological polar surface area (TPSA) is 160 Å². The summed E-state index contributed by atoms with van der Waals surface area (Å²) in [4.78, 5) is 0. The normalized spacial score (nSPS) is 0. The number of quaternary nitrogens is 1. The molecular weight excluding hydrogens is 130 g/mol.